The molecule has 0 aliphatic rings. The maximum absolute atomic E-state index is 10.8. The Morgan fingerprint density at radius 1 is 1.13 bits per heavy atom. The first-order valence-electron chi connectivity index (χ1n) is 6.83. The Morgan fingerprint density at radius 3 is 2.78 bits per heavy atom. The zero-order chi connectivity index (χ0) is 16.2. The van der Waals surface area contributed by atoms with Crippen LogP contribution in [0.4, 0.5) is 11.5 Å². The number of azo groups is 1. The van der Waals surface area contributed by atoms with Crippen LogP contribution in [0.25, 0.3) is 10.8 Å². The molecule has 0 bridgehead atoms. The summed E-state index contributed by atoms with van der Waals surface area (Å²) in [5.74, 6) is 0.0790. The lowest BCUT2D eigenvalue weighted by Crippen LogP contribution is -1.91. The zero-order valence-corrected chi connectivity index (χ0v) is 12.0. The van der Waals surface area contributed by atoms with Gasteiger partial charge in [0.1, 0.15) is 0 Å². The lowest BCUT2D eigenvalue weighted by atomic mass is 10.1. The number of pyridine rings is 1. The number of nitro groups is 1. The van der Waals surface area contributed by atoms with E-state index in [2.05, 4.69) is 15.2 Å². The molecule has 0 unspecified atom stereocenters. The Labute approximate surface area is 131 Å². The lowest BCUT2D eigenvalue weighted by Gasteiger charge is -2.02. The summed E-state index contributed by atoms with van der Waals surface area (Å²) in [7, 11) is 0. The second-order valence-corrected chi connectivity index (χ2v) is 4.80. The molecule has 0 spiro atoms. The van der Waals surface area contributed by atoms with E-state index in [4.69, 9.17) is 0 Å². The van der Waals surface area contributed by atoms with E-state index >= 15 is 0 Å². The number of hydrogen-bond acceptors (Lipinski definition) is 6. The maximum Gasteiger partial charge on any atom is 0.311 e. The van der Waals surface area contributed by atoms with Crippen LogP contribution in [0, 0.1) is 10.1 Å². The third-order valence-corrected chi connectivity index (χ3v) is 3.35. The monoisotopic (exact) mass is 308 g/mol. The lowest BCUT2D eigenvalue weighted by molar-refractivity contribution is -0.385. The number of phenolic OH excluding ortho intramolecular Hbond substituents is 1. The van der Waals surface area contributed by atoms with Gasteiger partial charge in [-0.05, 0) is 11.5 Å². The molecule has 0 amide bonds. The van der Waals surface area contributed by atoms with Crippen molar-refractivity contribution in [1.82, 2.24) is 4.98 Å². The van der Waals surface area contributed by atoms with Crippen molar-refractivity contribution in [1.29, 1.82) is 0 Å². The van der Waals surface area contributed by atoms with Crippen LogP contribution in [0.1, 0.15) is 5.56 Å². The van der Waals surface area contributed by atoms with Gasteiger partial charge in [0.05, 0.1) is 11.5 Å². The standard InChI is InChI=1S/C16H12N4O3/c21-15-12(5-3-7-14(15)20(22)23)10-18-19-16-13-6-2-1-4-11(13)8-9-17-16/h1-9,21H,10H2. The normalized spacial score (nSPS) is 11.1. The van der Waals surface area contributed by atoms with Crippen molar-refractivity contribution >= 4 is 22.3 Å². The van der Waals surface area contributed by atoms with Gasteiger partial charge in [0.15, 0.2) is 11.6 Å². The van der Waals surface area contributed by atoms with Crippen LogP contribution in [0.15, 0.2) is 65.0 Å². The van der Waals surface area contributed by atoms with Crippen LogP contribution in [0.2, 0.25) is 0 Å². The van der Waals surface area contributed by atoms with Gasteiger partial charge in [-0.3, -0.25) is 10.1 Å². The molecular formula is C16H12N4O3. The second-order valence-electron chi connectivity index (χ2n) is 4.80. The number of aromatic hydroxyl groups is 1. The van der Waals surface area contributed by atoms with Gasteiger partial charge in [-0.15, -0.1) is 5.11 Å². The Balaban J connectivity index is 1.87. The van der Waals surface area contributed by atoms with E-state index in [0.717, 1.165) is 10.8 Å². The SMILES string of the molecule is O=[N+]([O-])c1cccc(CN=Nc2nccc3ccccc23)c1O. The topological polar surface area (TPSA) is 101 Å². The van der Waals surface area contributed by atoms with Gasteiger partial charge in [0, 0.05) is 23.2 Å². The molecule has 1 aromatic heterocycles. The number of hydrogen-bond donors (Lipinski definition) is 1. The van der Waals surface area contributed by atoms with Gasteiger partial charge >= 0.3 is 5.69 Å². The number of nitro benzene ring substituents is 1. The highest BCUT2D eigenvalue weighted by Gasteiger charge is 2.15. The Kier molecular flexibility index (Phi) is 3.92. The first-order chi connectivity index (χ1) is 11.2. The molecule has 0 atom stereocenters. The highest BCUT2D eigenvalue weighted by atomic mass is 16.6. The van der Waals surface area contributed by atoms with Gasteiger partial charge in [-0.1, -0.05) is 36.4 Å². The second kappa shape index (κ2) is 6.18. The van der Waals surface area contributed by atoms with E-state index in [-0.39, 0.29) is 18.0 Å². The summed E-state index contributed by atoms with van der Waals surface area (Å²) in [5, 5.41) is 30.6. The highest BCUT2D eigenvalue weighted by molar-refractivity contribution is 5.90. The predicted octanol–water partition coefficient (Wildman–Crippen LogP) is 4.13. The molecule has 0 fully saturated rings. The van der Waals surface area contributed by atoms with Gasteiger partial charge in [0.25, 0.3) is 0 Å². The van der Waals surface area contributed by atoms with E-state index in [1.165, 1.54) is 12.1 Å². The van der Waals surface area contributed by atoms with Gasteiger partial charge in [-0.2, -0.15) is 5.11 Å². The molecule has 0 radical (unpaired) electrons. The molecule has 7 nitrogen and oxygen atoms in total. The number of rotatable bonds is 4. The Hall–Kier alpha value is -3.35. The molecule has 0 aliphatic carbocycles. The highest BCUT2D eigenvalue weighted by Crippen LogP contribution is 2.30. The average molecular weight is 308 g/mol. The largest absolute Gasteiger partial charge is 0.502 e. The first-order valence-corrected chi connectivity index (χ1v) is 6.83. The van der Waals surface area contributed by atoms with E-state index in [1.807, 2.05) is 30.3 Å². The molecule has 3 aromatic rings. The summed E-state index contributed by atoms with van der Waals surface area (Å²) in [4.78, 5) is 14.3. The molecule has 23 heavy (non-hydrogen) atoms. The van der Waals surface area contributed by atoms with Gasteiger partial charge in [0.2, 0.25) is 0 Å². The minimum atomic E-state index is -0.637. The minimum Gasteiger partial charge on any atom is -0.502 e. The Bertz CT molecular complexity index is 903. The molecule has 1 heterocycles. The van der Waals surface area contributed by atoms with E-state index in [9.17, 15) is 15.2 Å². The molecule has 3 rings (SSSR count). The van der Waals surface area contributed by atoms with E-state index < -0.39 is 4.92 Å². The van der Waals surface area contributed by atoms with Crippen molar-refractivity contribution in [3.63, 3.8) is 0 Å². The average Bonchev–Trinajstić information content (AvgIpc) is 2.56. The number of benzene rings is 2. The molecule has 0 saturated heterocycles. The number of para-hydroxylation sites is 1. The van der Waals surface area contributed by atoms with Crippen molar-refractivity contribution in [2.75, 3.05) is 0 Å². The number of fused-ring (bicyclic) bond motifs is 1. The summed E-state index contributed by atoms with van der Waals surface area (Å²) in [6, 6.07) is 13.8. The quantitative estimate of drug-likeness (QED) is 0.444. The van der Waals surface area contributed by atoms with Crippen molar-refractivity contribution in [2.24, 2.45) is 10.2 Å². The maximum atomic E-state index is 10.8. The fraction of sp³-hybridized carbons (Fsp3) is 0.0625. The van der Waals surface area contributed by atoms with Crippen LogP contribution in [0.5, 0.6) is 5.75 Å². The van der Waals surface area contributed by atoms with Crippen LogP contribution >= 0.6 is 0 Å². The summed E-state index contributed by atoms with van der Waals surface area (Å²) < 4.78 is 0. The van der Waals surface area contributed by atoms with Crippen LogP contribution in [-0.2, 0) is 6.54 Å². The molecular weight excluding hydrogens is 296 g/mol. The smallest absolute Gasteiger partial charge is 0.311 e. The summed E-state index contributed by atoms with van der Waals surface area (Å²) in [6.45, 7) is 0.0262. The molecule has 0 saturated carbocycles. The molecule has 7 heteroatoms. The van der Waals surface area contributed by atoms with Crippen LogP contribution < -0.4 is 0 Å². The molecule has 0 aliphatic heterocycles. The Morgan fingerprint density at radius 2 is 1.96 bits per heavy atom. The molecule has 2 aromatic carbocycles. The first kappa shape index (κ1) is 14.6. The fourth-order valence-corrected chi connectivity index (χ4v) is 2.21. The van der Waals surface area contributed by atoms with Crippen molar-refractivity contribution in [3.8, 4) is 5.75 Å². The molecule has 1 N–H and O–H groups in total. The van der Waals surface area contributed by atoms with Crippen LogP contribution in [0.3, 0.4) is 0 Å². The summed E-state index contributed by atoms with van der Waals surface area (Å²) in [6.07, 6.45) is 1.64. The third-order valence-electron chi connectivity index (χ3n) is 3.35. The predicted molar refractivity (Wildman–Crippen MR) is 84.7 cm³/mol. The van der Waals surface area contributed by atoms with Gasteiger partial charge < -0.3 is 5.11 Å². The fourth-order valence-electron chi connectivity index (χ4n) is 2.21. The van der Waals surface area contributed by atoms with Gasteiger partial charge in [-0.25, -0.2) is 4.98 Å². The van der Waals surface area contributed by atoms with Crippen molar-refractivity contribution in [3.05, 3.63) is 70.4 Å². The van der Waals surface area contributed by atoms with E-state index in [0.29, 0.717) is 11.4 Å². The van der Waals surface area contributed by atoms with Crippen molar-refractivity contribution < 1.29 is 10.0 Å². The minimum absolute atomic E-state index is 0.0262. The number of phenols is 1. The summed E-state index contributed by atoms with van der Waals surface area (Å²) in [5.41, 5.74) is -0.0100. The van der Waals surface area contributed by atoms with Crippen LogP contribution in [-0.4, -0.2) is 15.0 Å². The number of nitrogens with zero attached hydrogens (tertiary/aromatic N) is 4. The third kappa shape index (κ3) is 2.98. The summed E-state index contributed by atoms with van der Waals surface area (Å²) >= 11 is 0. The number of aromatic nitrogens is 1. The molecule has 114 valence electrons. The zero-order valence-electron chi connectivity index (χ0n) is 12.0. The van der Waals surface area contributed by atoms with Crippen molar-refractivity contribution in [2.45, 2.75) is 6.54 Å². The van der Waals surface area contributed by atoms with E-state index in [1.54, 1.807) is 12.3 Å².